The van der Waals surface area contributed by atoms with Crippen LogP contribution in [0.1, 0.15) is 31.2 Å². The third-order valence-corrected chi connectivity index (χ3v) is 5.99. The number of nitrogens with zero attached hydrogens (tertiary/aromatic N) is 2. The van der Waals surface area contributed by atoms with E-state index in [-0.39, 0.29) is 4.90 Å². The molecule has 1 N–H and O–H groups in total. The Morgan fingerprint density at radius 3 is 2.38 bits per heavy atom. The lowest BCUT2D eigenvalue weighted by Gasteiger charge is -2.22. The first kappa shape index (κ1) is 18.5. The average Bonchev–Trinajstić information content (AvgIpc) is 2.91. The van der Waals surface area contributed by atoms with Crippen LogP contribution in [0.15, 0.2) is 41.4 Å². The monoisotopic (exact) mass is 375 g/mol. The van der Waals surface area contributed by atoms with Crippen molar-refractivity contribution in [3.8, 4) is 5.75 Å². The van der Waals surface area contributed by atoms with E-state index >= 15 is 0 Å². The smallest absolute Gasteiger partial charge is 0.263 e. The summed E-state index contributed by atoms with van der Waals surface area (Å²) in [6.45, 7) is 3.86. The molecule has 0 aliphatic carbocycles. The molecule has 2 heterocycles. The van der Waals surface area contributed by atoms with E-state index in [1.807, 2.05) is 13.0 Å². The van der Waals surface area contributed by atoms with Crippen LogP contribution in [0.5, 0.6) is 5.75 Å². The number of pyridine rings is 1. The first-order valence-corrected chi connectivity index (χ1v) is 10.4. The number of ether oxygens (including phenoxy) is 1. The Balaban J connectivity index is 1.74. The number of nitrogens with one attached hydrogen (secondary N) is 1. The van der Waals surface area contributed by atoms with Crippen LogP contribution in [0, 0.1) is 6.92 Å². The van der Waals surface area contributed by atoms with Crippen LogP contribution in [-0.4, -0.2) is 33.6 Å². The lowest BCUT2D eigenvalue weighted by molar-refractivity contribution is 0.411. The molecule has 0 atom stereocenters. The lowest BCUT2D eigenvalue weighted by Crippen LogP contribution is -2.24. The summed E-state index contributed by atoms with van der Waals surface area (Å²) in [6.07, 6.45) is 6.64. The molecular weight excluding hydrogens is 350 g/mol. The van der Waals surface area contributed by atoms with E-state index in [0.29, 0.717) is 11.6 Å². The Morgan fingerprint density at radius 2 is 1.81 bits per heavy atom. The molecule has 3 rings (SSSR count). The molecule has 1 aromatic carbocycles. The van der Waals surface area contributed by atoms with Crippen molar-refractivity contribution < 1.29 is 13.2 Å². The minimum atomic E-state index is -3.69. The van der Waals surface area contributed by atoms with Gasteiger partial charge in [0.2, 0.25) is 0 Å². The van der Waals surface area contributed by atoms with E-state index < -0.39 is 10.0 Å². The highest BCUT2D eigenvalue weighted by molar-refractivity contribution is 7.92. The van der Waals surface area contributed by atoms with Crippen LogP contribution in [0.4, 0.5) is 11.5 Å². The van der Waals surface area contributed by atoms with Crippen molar-refractivity contribution in [1.82, 2.24) is 4.98 Å². The Labute approximate surface area is 155 Å². The fraction of sp³-hybridized carbons (Fsp3) is 0.421. The largest absolute Gasteiger partial charge is 0.496 e. The van der Waals surface area contributed by atoms with Gasteiger partial charge >= 0.3 is 0 Å². The number of hydrogen-bond acceptors (Lipinski definition) is 5. The van der Waals surface area contributed by atoms with Crippen LogP contribution in [0.25, 0.3) is 0 Å². The highest BCUT2D eigenvalue weighted by Gasteiger charge is 2.17. The standard InChI is InChI=1S/C19H25N3O3S/c1-15-13-17(8-9-18(15)25-2)26(23,24)21-19-10-7-16(14-20-19)22-11-5-3-4-6-12-22/h7-10,13-14H,3-6,11-12H2,1-2H3,(H,20,21). The zero-order chi connectivity index (χ0) is 18.6. The molecule has 0 unspecified atom stereocenters. The summed E-state index contributed by atoms with van der Waals surface area (Å²) >= 11 is 0. The molecule has 1 saturated heterocycles. The van der Waals surface area contributed by atoms with E-state index in [1.165, 1.54) is 31.7 Å². The average molecular weight is 375 g/mol. The predicted octanol–water partition coefficient (Wildman–Crippen LogP) is 3.58. The van der Waals surface area contributed by atoms with E-state index in [0.717, 1.165) is 24.3 Å². The fourth-order valence-corrected chi connectivity index (χ4v) is 4.27. The second-order valence-electron chi connectivity index (χ2n) is 6.54. The summed E-state index contributed by atoms with van der Waals surface area (Å²) in [5.41, 5.74) is 1.80. The maximum Gasteiger partial charge on any atom is 0.263 e. The number of benzene rings is 1. The number of anilines is 2. The zero-order valence-electron chi connectivity index (χ0n) is 15.2. The second kappa shape index (κ2) is 7.95. The van der Waals surface area contributed by atoms with Crippen molar-refractivity contribution >= 4 is 21.5 Å². The summed E-state index contributed by atoms with van der Waals surface area (Å²) in [6, 6.07) is 8.41. The summed E-state index contributed by atoms with van der Waals surface area (Å²) in [7, 11) is -2.13. The van der Waals surface area contributed by atoms with Gasteiger partial charge in [0, 0.05) is 13.1 Å². The van der Waals surface area contributed by atoms with Crippen molar-refractivity contribution in [2.75, 3.05) is 29.8 Å². The van der Waals surface area contributed by atoms with Gasteiger partial charge < -0.3 is 9.64 Å². The first-order chi connectivity index (χ1) is 12.5. The predicted molar refractivity (Wildman–Crippen MR) is 103 cm³/mol. The van der Waals surface area contributed by atoms with Crippen LogP contribution in [0.3, 0.4) is 0 Å². The molecule has 0 radical (unpaired) electrons. The Hall–Kier alpha value is -2.28. The van der Waals surface area contributed by atoms with Crippen LogP contribution in [0.2, 0.25) is 0 Å². The molecule has 7 heteroatoms. The van der Waals surface area contributed by atoms with Gasteiger partial charge in [0.15, 0.2) is 0 Å². The molecule has 0 spiro atoms. The molecule has 26 heavy (non-hydrogen) atoms. The zero-order valence-corrected chi connectivity index (χ0v) is 16.1. The van der Waals surface area contributed by atoms with E-state index in [9.17, 15) is 8.42 Å². The summed E-state index contributed by atoms with van der Waals surface area (Å²) < 4.78 is 32.9. The summed E-state index contributed by atoms with van der Waals surface area (Å²) in [5.74, 6) is 0.973. The molecule has 0 saturated carbocycles. The molecule has 0 bridgehead atoms. The van der Waals surface area contributed by atoms with Crippen LogP contribution in [-0.2, 0) is 10.0 Å². The van der Waals surface area contributed by atoms with Crippen molar-refractivity contribution in [3.63, 3.8) is 0 Å². The van der Waals surface area contributed by atoms with Gasteiger partial charge in [-0.3, -0.25) is 4.72 Å². The third kappa shape index (κ3) is 4.27. The highest BCUT2D eigenvalue weighted by atomic mass is 32.2. The number of aryl methyl sites for hydroxylation is 1. The van der Waals surface area contributed by atoms with E-state index in [4.69, 9.17) is 4.74 Å². The second-order valence-corrected chi connectivity index (χ2v) is 8.22. The molecule has 2 aromatic rings. The van der Waals surface area contributed by atoms with Gasteiger partial charge in [-0.05, 0) is 55.7 Å². The van der Waals surface area contributed by atoms with E-state index in [1.54, 1.807) is 31.5 Å². The summed E-state index contributed by atoms with van der Waals surface area (Å²) in [4.78, 5) is 6.79. The fourth-order valence-electron chi connectivity index (χ4n) is 3.18. The topological polar surface area (TPSA) is 71.5 Å². The molecule has 6 nitrogen and oxygen atoms in total. The molecular formula is C19H25N3O3S. The Bertz CT molecular complexity index is 843. The van der Waals surface area contributed by atoms with Gasteiger partial charge in [-0.15, -0.1) is 0 Å². The molecule has 0 amide bonds. The van der Waals surface area contributed by atoms with Gasteiger partial charge in [0.05, 0.1) is 23.9 Å². The highest BCUT2D eigenvalue weighted by Crippen LogP contribution is 2.24. The van der Waals surface area contributed by atoms with Gasteiger partial charge in [0.25, 0.3) is 10.0 Å². The van der Waals surface area contributed by atoms with Crippen molar-refractivity contribution in [3.05, 3.63) is 42.1 Å². The number of hydrogen-bond donors (Lipinski definition) is 1. The molecule has 1 aliphatic heterocycles. The van der Waals surface area contributed by atoms with Crippen molar-refractivity contribution in [2.24, 2.45) is 0 Å². The minimum Gasteiger partial charge on any atom is -0.496 e. The maximum atomic E-state index is 12.6. The molecule has 1 fully saturated rings. The molecule has 1 aliphatic rings. The lowest BCUT2D eigenvalue weighted by atomic mass is 10.2. The quantitative estimate of drug-likeness (QED) is 0.865. The van der Waals surface area contributed by atoms with Crippen molar-refractivity contribution in [2.45, 2.75) is 37.5 Å². The SMILES string of the molecule is COc1ccc(S(=O)(=O)Nc2ccc(N3CCCCCC3)cn2)cc1C. The van der Waals surface area contributed by atoms with Gasteiger partial charge in [0.1, 0.15) is 11.6 Å². The first-order valence-electron chi connectivity index (χ1n) is 8.88. The number of sulfonamides is 1. The summed E-state index contributed by atoms with van der Waals surface area (Å²) in [5, 5.41) is 0. The van der Waals surface area contributed by atoms with E-state index in [2.05, 4.69) is 14.6 Å². The minimum absolute atomic E-state index is 0.189. The van der Waals surface area contributed by atoms with Gasteiger partial charge in [-0.25, -0.2) is 13.4 Å². The van der Waals surface area contributed by atoms with Crippen LogP contribution >= 0.6 is 0 Å². The number of rotatable bonds is 5. The number of aromatic nitrogens is 1. The van der Waals surface area contributed by atoms with Gasteiger partial charge in [-0.1, -0.05) is 12.8 Å². The maximum absolute atomic E-state index is 12.6. The Morgan fingerprint density at radius 1 is 1.08 bits per heavy atom. The normalized spacial score (nSPS) is 15.4. The molecule has 140 valence electrons. The van der Waals surface area contributed by atoms with Crippen molar-refractivity contribution in [1.29, 1.82) is 0 Å². The third-order valence-electron chi connectivity index (χ3n) is 4.63. The van der Waals surface area contributed by atoms with Crippen LogP contribution < -0.4 is 14.4 Å². The molecule has 1 aromatic heterocycles. The number of methoxy groups -OCH3 is 1. The Kier molecular flexibility index (Phi) is 5.66. The van der Waals surface area contributed by atoms with Gasteiger partial charge in [-0.2, -0.15) is 0 Å².